The molecule has 1 aliphatic rings. The molecule has 14 nitrogen and oxygen atoms in total. The first kappa shape index (κ1) is 28.2. The Balaban J connectivity index is 1.08. The number of nitrogens with two attached hydrogens (primary N) is 2. The number of nitrogens with zero attached hydrogens (tertiary/aromatic N) is 6. The van der Waals surface area contributed by atoms with Crippen molar-refractivity contribution in [3.05, 3.63) is 71.3 Å². The number of nitro benzene ring substituents is 1. The lowest BCUT2D eigenvalue weighted by molar-refractivity contribution is -0.384. The number of aliphatic hydroxyl groups is 2. The van der Waals surface area contributed by atoms with Gasteiger partial charge in [-0.25, -0.2) is 15.0 Å². The number of rotatable bonds is 10. The molecular formula is C26H29N9O5S. The second kappa shape index (κ2) is 12.5. The third-order valence-corrected chi connectivity index (χ3v) is 7.68. The maximum Gasteiger partial charge on any atom is 0.270 e. The van der Waals surface area contributed by atoms with Gasteiger partial charge in [0, 0.05) is 30.1 Å². The van der Waals surface area contributed by atoms with Crippen LogP contribution < -0.4 is 16.8 Å². The van der Waals surface area contributed by atoms with Crippen LogP contribution in [0.2, 0.25) is 0 Å². The number of thioether (sulfide) groups is 1. The number of hydrogen-bond donors (Lipinski definition) is 5. The number of fused-ring (bicyclic) bond motifs is 1. The lowest BCUT2D eigenvalue weighted by Gasteiger charge is -2.16. The van der Waals surface area contributed by atoms with E-state index >= 15 is 0 Å². The molecule has 4 aromatic rings. The van der Waals surface area contributed by atoms with Gasteiger partial charge >= 0.3 is 0 Å². The minimum absolute atomic E-state index is 0.0253. The number of nitrogens with one attached hydrogen (secondary N) is 1. The van der Waals surface area contributed by atoms with E-state index in [1.165, 1.54) is 24.8 Å². The number of hydrogen-bond acceptors (Lipinski definition) is 11. The van der Waals surface area contributed by atoms with E-state index in [0.717, 1.165) is 23.3 Å². The zero-order chi connectivity index (χ0) is 28.9. The van der Waals surface area contributed by atoms with E-state index in [1.54, 1.807) is 22.4 Å². The number of ether oxygens (including phenoxy) is 1. The topological polar surface area (TPSA) is 213 Å². The summed E-state index contributed by atoms with van der Waals surface area (Å²) < 4.78 is 7.51. The largest absolute Gasteiger partial charge is 0.387 e. The molecule has 5 rings (SSSR count). The standard InChI is InChI=1S/C26H29N9O5S/c27-23-20-24(31-13-30-23)34(14-32-20)25-22(37)21(36)19(40-25)12-41-9-3-8-29-26(28)33-17-6-1-4-15(10-17)16-5-2-7-18(11-16)35(38)39/h1-2,4-7,10-11,13-14,19,21-22,25,36-37H,3,8-9,12H2,(H2,27,30,31)(H3,28,29,33)/t19-,21-,22-,25-/m1/s1. The van der Waals surface area contributed by atoms with Crippen molar-refractivity contribution < 1.29 is 19.9 Å². The number of imidazole rings is 1. The second-order valence-electron chi connectivity index (χ2n) is 9.34. The summed E-state index contributed by atoms with van der Waals surface area (Å²) in [5.74, 6) is 1.69. The molecular weight excluding hydrogens is 550 g/mol. The number of non-ortho nitro benzene ring substituents is 1. The van der Waals surface area contributed by atoms with Crippen molar-refractivity contribution in [2.45, 2.75) is 31.0 Å². The van der Waals surface area contributed by atoms with Crippen molar-refractivity contribution in [2.24, 2.45) is 10.7 Å². The molecule has 1 aliphatic heterocycles. The molecule has 0 unspecified atom stereocenters. The van der Waals surface area contributed by atoms with Crippen molar-refractivity contribution in [3.8, 4) is 11.1 Å². The fourth-order valence-electron chi connectivity index (χ4n) is 4.48. The molecule has 0 spiro atoms. The van der Waals surface area contributed by atoms with Gasteiger partial charge in [0.1, 0.15) is 24.1 Å². The third kappa shape index (κ3) is 6.38. The molecule has 2 aromatic heterocycles. The van der Waals surface area contributed by atoms with Crippen molar-refractivity contribution in [1.29, 1.82) is 0 Å². The maximum absolute atomic E-state index is 11.1. The van der Waals surface area contributed by atoms with Crippen LogP contribution in [0.15, 0.2) is 66.2 Å². The Labute approximate surface area is 238 Å². The van der Waals surface area contributed by atoms with Crippen molar-refractivity contribution >= 4 is 46.1 Å². The number of guanidine groups is 1. The monoisotopic (exact) mass is 579 g/mol. The summed E-state index contributed by atoms with van der Waals surface area (Å²) in [6.45, 7) is 0.484. The molecule has 214 valence electrons. The Morgan fingerprint density at radius 3 is 2.73 bits per heavy atom. The van der Waals surface area contributed by atoms with Crippen molar-refractivity contribution in [1.82, 2.24) is 19.5 Å². The molecule has 0 aliphatic carbocycles. The van der Waals surface area contributed by atoms with Crippen molar-refractivity contribution in [2.75, 3.05) is 29.1 Å². The molecule has 15 heteroatoms. The van der Waals surface area contributed by atoms with Gasteiger partial charge in [-0.1, -0.05) is 24.3 Å². The quantitative estimate of drug-likeness (QED) is 0.0601. The van der Waals surface area contributed by atoms with Crippen LogP contribution in [-0.2, 0) is 4.74 Å². The van der Waals surface area contributed by atoms with Gasteiger partial charge in [0.2, 0.25) is 0 Å². The first-order valence-corrected chi connectivity index (χ1v) is 13.9. The molecule has 0 saturated carbocycles. The highest BCUT2D eigenvalue weighted by Gasteiger charge is 2.44. The molecule has 1 saturated heterocycles. The highest BCUT2D eigenvalue weighted by molar-refractivity contribution is 7.99. The Bertz CT molecular complexity index is 1570. The van der Waals surface area contributed by atoms with E-state index in [0.29, 0.717) is 29.1 Å². The van der Waals surface area contributed by atoms with Crippen LogP contribution in [0.4, 0.5) is 17.2 Å². The van der Waals surface area contributed by atoms with Crippen LogP contribution in [0.5, 0.6) is 0 Å². The number of aliphatic imine (C=N–C) groups is 1. The number of aliphatic hydroxyl groups excluding tert-OH is 2. The lowest BCUT2D eigenvalue weighted by atomic mass is 10.0. The van der Waals surface area contributed by atoms with Gasteiger partial charge in [-0.05, 0) is 35.4 Å². The Morgan fingerprint density at radius 1 is 1.15 bits per heavy atom. The first-order valence-electron chi connectivity index (χ1n) is 12.8. The predicted molar refractivity (Wildman–Crippen MR) is 156 cm³/mol. The van der Waals surface area contributed by atoms with Gasteiger partial charge in [0.15, 0.2) is 23.7 Å². The van der Waals surface area contributed by atoms with E-state index in [1.807, 2.05) is 30.3 Å². The molecule has 2 aromatic carbocycles. The zero-order valence-electron chi connectivity index (χ0n) is 21.8. The van der Waals surface area contributed by atoms with Gasteiger partial charge in [-0.15, -0.1) is 0 Å². The van der Waals surface area contributed by atoms with E-state index in [4.69, 9.17) is 16.2 Å². The molecule has 1 fully saturated rings. The van der Waals surface area contributed by atoms with E-state index in [-0.39, 0.29) is 17.5 Å². The van der Waals surface area contributed by atoms with Crippen LogP contribution in [0.1, 0.15) is 12.6 Å². The summed E-state index contributed by atoms with van der Waals surface area (Å²) >= 11 is 1.57. The predicted octanol–water partition coefficient (Wildman–Crippen LogP) is 2.15. The average molecular weight is 580 g/mol. The highest BCUT2D eigenvalue weighted by atomic mass is 32.2. The normalized spacial score (nSPS) is 20.9. The number of aromatic nitrogens is 4. The highest BCUT2D eigenvalue weighted by Crippen LogP contribution is 2.33. The first-order chi connectivity index (χ1) is 19.8. The minimum Gasteiger partial charge on any atom is -0.387 e. The molecule has 0 bridgehead atoms. The summed E-state index contributed by atoms with van der Waals surface area (Å²) in [5.41, 5.74) is 15.0. The van der Waals surface area contributed by atoms with Crippen LogP contribution >= 0.6 is 11.8 Å². The number of nitro groups is 1. The van der Waals surface area contributed by atoms with E-state index in [2.05, 4.69) is 25.3 Å². The van der Waals surface area contributed by atoms with Crippen LogP contribution in [0, 0.1) is 10.1 Å². The summed E-state index contributed by atoms with van der Waals surface area (Å²) in [4.78, 5) is 27.3. The second-order valence-corrected chi connectivity index (χ2v) is 10.5. The maximum atomic E-state index is 11.1. The van der Waals surface area contributed by atoms with Gasteiger partial charge in [-0.3, -0.25) is 19.7 Å². The van der Waals surface area contributed by atoms with Crippen LogP contribution in [-0.4, -0.2) is 77.0 Å². The number of anilines is 2. The lowest BCUT2D eigenvalue weighted by Crippen LogP contribution is -2.32. The molecule has 0 radical (unpaired) electrons. The van der Waals surface area contributed by atoms with Crippen molar-refractivity contribution in [3.63, 3.8) is 0 Å². The van der Waals surface area contributed by atoms with Gasteiger partial charge in [0.25, 0.3) is 5.69 Å². The minimum atomic E-state index is -1.15. The Hall–Kier alpha value is -4.31. The summed E-state index contributed by atoms with van der Waals surface area (Å²) in [6, 6.07) is 13.8. The zero-order valence-corrected chi connectivity index (χ0v) is 22.6. The SMILES string of the molecule is NC(=NCCCSC[C@H]1O[C@@H](n2cnc3c(N)ncnc32)[C@H](O)[C@@H]1O)Nc1cccc(-c2cccc([N+](=O)[O-])c2)c1. The summed E-state index contributed by atoms with van der Waals surface area (Å²) in [5, 5.41) is 35.3. The Morgan fingerprint density at radius 2 is 1.93 bits per heavy atom. The van der Waals surface area contributed by atoms with E-state index in [9.17, 15) is 20.3 Å². The van der Waals surface area contributed by atoms with Gasteiger partial charge in [0.05, 0.1) is 17.4 Å². The van der Waals surface area contributed by atoms with Crippen LogP contribution in [0.3, 0.4) is 0 Å². The number of nitrogen functional groups attached to an aromatic ring is 1. The third-order valence-electron chi connectivity index (χ3n) is 6.53. The van der Waals surface area contributed by atoms with Gasteiger partial charge in [-0.2, -0.15) is 11.8 Å². The molecule has 3 heterocycles. The van der Waals surface area contributed by atoms with E-state index < -0.39 is 29.5 Å². The average Bonchev–Trinajstić information content (AvgIpc) is 3.52. The van der Waals surface area contributed by atoms with Crippen LogP contribution in [0.25, 0.3) is 22.3 Å². The molecule has 41 heavy (non-hydrogen) atoms. The molecule has 4 atom stereocenters. The summed E-state index contributed by atoms with van der Waals surface area (Å²) in [6.07, 6.45) is -0.140. The fourth-order valence-corrected chi connectivity index (χ4v) is 5.49. The smallest absolute Gasteiger partial charge is 0.270 e. The molecule has 7 N–H and O–H groups in total. The summed E-state index contributed by atoms with van der Waals surface area (Å²) in [7, 11) is 0. The van der Waals surface area contributed by atoms with Gasteiger partial charge < -0.3 is 31.7 Å². The molecule has 0 amide bonds. The number of benzene rings is 2. The fraction of sp³-hybridized carbons (Fsp3) is 0.308. The Kier molecular flexibility index (Phi) is 8.58.